The van der Waals surface area contributed by atoms with Gasteiger partial charge in [-0.25, -0.2) is 0 Å². The number of non-ortho nitro benzene ring substituents is 1. The van der Waals surface area contributed by atoms with Gasteiger partial charge in [-0.3, -0.25) is 19.7 Å². The molecule has 1 atom stereocenters. The molecule has 0 heterocycles. The third-order valence-corrected chi connectivity index (χ3v) is 2.60. The van der Waals surface area contributed by atoms with Gasteiger partial charge in [0, 0.05) is 12.1 Å². The number of rotatable bonds is 5. The molecule has 0 fully saturated rings. The summed E-state index contributed by atoms with van der Waals surface area (Å²) >= 11 is 0. The van der Waals surface area contributed by atoms with Crippen LogP contribution in [0.1, 0.15) is 38.7 Å². The van der Waals surface area contributed by atoms with Gasteiger partial charge in [0.05, 0.1) is 17.3 Å². The number of carboxylic acid groups (broad SMARTS) is 1. The van der Waals surface area contributed by atoms with Crippen LogP contribution in [-0.4, -0.2) is 27.6 Å². The van der Waals surface area contributed by atoms with Crippen LogP contribution in [0.4, 0.5) is 5.69 Å². The van der Waals surface area contributed by atoms with Crippen molar-refractivity contribution in [1.29, 1.82) is 0 Å². The van der Waals surface area contributed by atoms with E-state index in [0.717, 1.165) is 0 Å². The minimum Gasteiger partial charge on any atom is -0.481 e. The van der Waals surface area contributed by atoms with E-state index in [-0.39, 0.29) is 12.1 Å². The van der Waals surface area contributed by atoms with Gasteiger partial charge in [-0.05, 0) is 26.3 Å². The number of esters is 1. The molecule has 1 rings (SSSR count). The van der Waals surface area contributed by atoms with Crippen molar-refractivity contribution in [3.63, 3.8) is 0 Å². The zero-order valence-corrected chi connectivity index (χ0v) is 12.0. The van der Waals surface area contributed by atoms with E-state index in [4.69, 9.17) is 4.74 Å². The Hall–Kier alpha value is -2.44. The Morgan fingerprint density at radius 1 is 1.29 bits per heavy atom. The number of nitro benzene ring substituents is 1. The lowest BCUT2D eigenvalue weighted by molar-refractivity contribution is -0.384. The predicted octanol–water partition coefficient (Wildman–Crippen LogP) is 2.49. The van der Waals surface area contributed by atoms with Crippen molar-refractivity contribution >= 4 is 17.6 Å². The maximum atomic E-state index is 11.7. The molecule has 1 aromatic carbocycles. The van der Waals surface area contributed by atoms with E-state index in [9.17, 15) is 24.8 Å². The van der Waals surface area contributed by atoms with Crippen LogP contribution in [0.3, 0.4) is 0 Å². The van der Waals surface area contributed by atoms with E-state index < -0.39 is 28.4 Å². The molecule has 0 aliphatic heterocycles. The van der Waals surface area contributed by atoms with Crippen molar-refractivity contribution in [2.45, 2.75) is 38.7 Å². The maximum Gasteiger partial charge on any atom is 0.311 e. The summed E-state index contributed by atoms with van der Waals surface area (Å²) in [5.41, 5.74) is -0.519. The third-order valence-electron chi connectivity index (χ3n) is 2.60. The molecule has 114 valence electrons. The van der Waals surface area contributed by atoms with Crippen molar-refractivity contribution in [2.24, 2.45) is 0 Å². The average molecular weight is 295 g/mol. The first-order chi connectivity index (χ1) is 9.60. The zero-order valence-electron chi connectivity index (χ0n) is 12.0. The number of ether oxygens (including phenoxy) is 1. The SMILES string of the molecule is CC(C)(C)OC(=O)CC(C(=O)O)c1ccc([N+](=O)[O-])cc1. The second-order valence-electron chi connectivity index (χ2n) is 5.53. The summed E-state index contributed by atoms with van der Waals surface area (Å²) < 4.78 is 5.09. The second kappa shape index (κ2) is 6.34. The molecular formula is C14H17NO6. The van der Waals surface area contributed by atoms with Gasteiger partial charge in [-0.1, -0.05) is 12.1 Å². The lowest BCUT2D eigenvalue weighted by Crippen LogP contribution is -2.26. The first-order valence-corrected chi connectivity index (χ1v) is 6.29. The summed E-state index contributed by atoms with van der Waals surface area (Å²) in [6.45, 7) is 5.06. The molecule has 0 bridgehead atoms. The fourth-order valence-electron chi connectivity index (χ4n) is 1.73. The van der Waals surface area contributed by atoms with Crippen molar-refractivity contribution in [1.82, 2.24) is 0 Å². The standard InChI is InChI=1S/C14H17NO6/c1-14(2,3)21-12(16)8-11(13(17)18)9-4-6-10(7-5-9)15(19)20/h4-7,11H,8H2,1-3H3,(H,17,18). The third kappa shape index (κ3) is 5.21. The quantitative estimate of drug-likeness (QED) is 0.508. The highest BCUT2D eigenvalue weighted by atomic mass is 16.6. The molecule has 0 aliphatic rings. The van der Waals surface area contributed by atoms with Crippen molar-refractivity contribution < 1.29 is 24.4 Å². The zero-order chi connectivity index (χ0) is 16.2. The molecule has 0 aromatic heterocycles. The van der Waals surface area contributed by atoms with Gasteiger partial charge >= 0.3 is 11.9 Å². The summed E-state index contributed by atoms with van der Waals surface area (Å²) in [6.07, 6.45) is -0.329. The van der Waals surface area contributed by atoms with Crippen LogP contribution in [0.15, 0.2) is 24.3 Å². The van der Waals surface area contributed by atoms with Crippen molar-refractivity contribution in [3.8, 4) is 0 Å². The van der Waals surface area contributed by atoms with Gasteiger partial charge in [-0.2, -0.15) is 0 Å². The summed E-state index contributed by atoms with van der Waals surface area (Å²) in [7, 11) is 0. The Morgan fingerprint density at radius 3 is 2.19 bits per heavy atom. The van der Waals surface area contributed by atoms with E-state index in [1.807, 2.05) is 0 Å². The van der Waals surface area contributed by atoms with Crippen molar-refractivity contribution in [2.75, 3.05) is 0 Å². The lowest BCUT2D eigenvalue weighted by Gasteiger charge is -2.21. The first kappa shape index (κ1) is 16.6. The Morgan fingerprint density at radius 2 is 1.81 bits per heavy atom. The van der Waals surface area contributed by atoms with Crippen LogP contribution in [-0.2, 0) is 14.3 Å². The average Bonchev–Trinajstić information content (AvgIpc) is 2.33. The number of hydrogen-bond donors (Lipinski definition) is 1. The number of carbonyl (C=O) groups is 2. The monoisotopic (exact) mass is 295 g/mol. The van der Waals surface area contributed by atoms with Gasteiger partial charge < -0.3 is 9.84 Å². The van der Waals surface area contributed by atoms with Crippen LogP contribution in [0.5, 0.6) is 0 Å². The number of carbonyl (C=O) groups excluding carboxylic acids is 1. The molecule has 0 aliphatic carbocycles. The highest BCUT2D eigenvalue weighted by Gasteiger charge is 2.27. The van der Waals surface area contributed by atoms with Crippen LogP contribution in [0.25, 0.3) is 0 Å². The molecule has 21 heavy (non-hydrogen) atoms. The van der Waals surface area contributed by atoms with E-state index in [1.165, 1.54) is 24.3 Å². The highest BCUT2D eigenvalue weighted by Crippen LogP contribution is 2.24. The number of hydrogen-bond acceptors (Lipinski definition) is 5. The molecule has 0 spiro atoms. The van der Waals surface area contributed by atoms with Crippen LogP contribution in [0.2, 0.25) is 0 Å². The number of nitro groups is 1. The topological polar surface area (TPSA) is 107 Å². The molecule has 0 radical (unpaired) electrons. The molecule has 7 nitrogen and oxygen atoms in total. The first-order valence-electron chi connectivity index (χ1n) is 6.29. The fraction of sp³-hybridized carbons (Fsp3) is 0.429. The second-order valence-corrected chi connectivity index (χ2v) is 5.53. The van der Waals surface area contributed by atoms with Crippen LogP contribution in [0, 0.1) is 10.1 Å². The predicted molar refractivity (Wildman–Crippen MR) is 73.9 cm³/mol. The number of aliphatic carboxylic acids is 1. The van der Waals surface area contributed by atoms with Gasteiger partial charge in [0.15, 0.2) is 0 Å². The van der Waals surface area contributed by atoms with Crippen molar-refractivity contribution in [3.05, 3.63) is 39.9 Å². The lowest BCUT2D eigenvalue weighted by atomic mass is 9.95. The molecular weight excluding hydrogens is 278 g/mol. The maximum absolute atomic E-state index is 11.7. The van der Waals surface area contributed by atoms with Crippen LogP contribution >= 0.6 is 0 Å². The normalized spacial score (nSPS) is 12.5. The molecule has 1 N–H and O–H groups in total. The molecule has 0 amide bonds. The number of benzene rings is 1. The summed E-state index contributed by atoms with van der Waals surface area (Å²) in [5.74, 6) is -2.91. The largest absolute Gasteiger partial charge is 0.481 e. The van der Waals surface area contributed by atoms with Gasteiger partial charge in [0.25, 0.3) is 5.69 Å². The highest BCUT2D eigenvalue weighted by molar-refractivity contribution is 5.83. The molecule has 1 aromatic rings. The Balaban J connectivity index is 2.89. The minimum atomic E-state index is -1.19. The number of nitrogens with zero attached hydrogens (tertiary/aromatic N) is 1. The van der Waals surface area contributed by atoms with E-state index in [0.29, 0.717) is 5.56 Å². The van der Waals surface area contributed by atoms with E-state index in [2.05, 4.69) is 0 Å². The molecule has 0 saturated carbocycles. The summed E-state index contributed by atoms with van der Waals surface area (Å²) in [5, 5.41) is 19.8. The van der Waals surface area contributed by atoms with Crippen LogP contribution < -0.4 is 0 Å². The summed E-state index contributed by atoms with van der Waals surface area (Å²) in [4.78, 5) is 33.0. The smallest absolute Gasteiger partial charge is 0.311 e. The van der Waals surface area contributed by atoms with Gasteiger partial charge in [-0.15, -0.1) is 0 Å². The Kier molecular flexibility index (Phi) is 5.02. The van der Waals surface area contributed by atoms with E-state index in [1.54, 1.807) is 20.8 Å². The van der Waals surface area contributed by atoms with Gasteiger partial charge in [0.2, 0.25) is 0 Å². The van der Waals surface area contributed by atoms with E-state index >= 15 is 0 Å². The molecule has 0 saturated heterocycles. The molecule has 7 heteroatoms. The fourth-order valence-corrected chi connectivity index (χ4v) is 1.73. The minimum absolute atomic E-state index is 0.139. The van der Waals surface area contributed by atoms with Gasteiger partial charge in [0.1, 0.15) is 5.60 Å². The Labute approximate surface area is 121 Å². The Bertz CT molecular complexity index is 544. The number of carboxylic acids is 1. The molecule has 1 unspecified atom stereocenters. The summed E-state index contributed by atoms with van der Waals surface area (Å²) in [6, 6.07) is 5.09.